The molecule has 0 aliphatic rings. The summed E-state index contributed by atoms with van der Waals surface area (Å²) in [5, 5.41) is 6.69. The Morgan fingerprint density at radius 3 is 2.57 bits per heavy atom. The van der Waals surface area contributed by atoms with Gasteiger partial charge in [-0.2, -0.15) is 8.78 Å². The first-order valence-corrected chi connectivity index (χ1v) is 3.80. The Hall–Kier alpha value is -1.43. The van der Waals surface area contributed by atoms with Gasteiger partial charge in [0.15, 0.2) is 0 Å². The van der Waals surface area contributed by atoms with Crippen LogP contribution >= 0.6 is 11.6 Å². The van der Waals surface area contributed by atoms with Crippen LogP contribution < -0.4 is 5.32 Å². The van der Waals surface area contributed by atoms with E-state index >= 15 is 0 Å². The monoisotopic (exact) mass is 222 g/mol. The molecule has 0 unspecified atom stereocenters. The summed E-state index contributed by atoms with van der Waals surface area (Å²) in [5.41, 5.74) is -0.530. The molecular weight excluding hydrogens is 218 g/mol. The molecule has 0 saturated carbocycles. The van der Waals surface area contributed by atoms with Crippen LogP contribution in [0, 0.1) is 0 Å². The molecule has 0 bridgehead atoms. The number of carboxylic acid groups (broad SMARTS) is 1. The van der Waals surface area contributed by atoms with Gasteiger partial charge in [0.05, 0.1) is 11.9 Å². The van der Waals surface area contributed by atoms with Crippen molar-refractivity contribution in [2.45, 2.75) is 5.38 Å². The lowest BCUT2D eigenvalue weighted by atomic mass is 10.3. The predicted molar refractivity (Wildman–Crippen MR) is 45.6 cm³/mol. The summed E-state index contributed by atoms with van der Waals surface area (Å²) in [5.74, 6) is 0. The van der Waals surface area contributed by atoms with Crippen molar-refractivity contribution in [3.05, 3.63) is 24.0 Å². The molecule has 0 aromatic carbocycles. The summed E-state index contributed by atoms with van der Waals surface area (Å²) in [6, 6.07) is 2.09. The highest BCUT2D eigenvalue weighted by atomic mass is 35.5. The Balaban J connectivity index is 2.84. The van der Waals surface area contributed by atoms with Crippen LogP contribution in [0.15, 0.2) is 18.3 Å². The molecule has 14 heavy (non-hydrogen) atoms. The van der Waals surface area contributed by atoms with Gasteiger partial charge in [0.1, 0.15) is 5.69 Å². The zero-order chi connectivity index (χ0) is 10.8. The van der Waals surface area contributed by atoms with E-state index in [4.69, 9.17) is 5.11 Å². The predicted octanol–water partition coefficient (Wildman–Crippen LogP) is 2.46. The highest BCUT2D eigenvalue weighted by molar-refractivity contribution is 6.21. The molecule has 1 rings (SSSR count). The maximum absolute atomic E-state index is 12.4. The standard InChI is InChI=1S/C7H5ClF2N2O2/c8-7(9,10)5-2-1-4(3-11-5)12-6(13)14/h1-3,12H,(H,13,14). The largest absolute Gasteiger partial charge is 0.465 e. The Bertz CT molecular complexity index is 337. The molecule has 1 amide bonds. The number of aromatic nitrogens is 1. The smallest absolute Gasteiger partial charge is 0.409 e. The first-order valence-electron chi connectivity index (χ1n) is 3.43. The molecule has 0 fully saturated rings. The van der Waals surface area contributed by atoms with Crippen molar-refractivity contribution in [1.29, 1.82) is 0 Å². The number of halogens is 3. The van der Waals surface area contributed by atoms with Crippen molar-refractivity contribution < 1.29 is 18.7 Å². The van der Waals surface area contributed by atoms with Gasteiger partial charge in [-0.3, -0.25) is 10.3 Å². The fraction of sp³-hybridized carbons (Fsp3) is 0.143. The van der Waals surface area contributed by atoms with Crippen LogP contribution in [-0.4, -0.2) is 16.2 Å². The van der Waals surface area contributed by atoms with Crippen LogP contribution in [0.2, 0.25) is 0 Å². The minimum absolute atomic E-state index is 0.0992. The molecular formula is C7H5ClF2N2O2. The van der Waals surface area contributed by atoms with E-state index in [-0.39, 0.29) is 5.69 Å². The number of anilines is 1. The number of rotatable bonds is 2. The zero-order valence-corrected chi connectivity index (χ0v) is 7.42. The highest BCUT2D eigenvalue weighted by Crippen LogP contribution is 2.30. The van der Waals surface area contributed by atoms with E-state index < -0.39 is 17.2 Å². The number of nitrogens with zero attached hydrogens (tertiary/aromatic N) is 1. The molecule has 1 aromatic rings. The molecule has 0 aliphatic carbocycles. The number of nitrogens with one attached hydrogen (secondary N) is 1. The third-order valence-electron chi connectivity index (χ3n) is 1.31. The fourth-order valence-corrected chi connectivity index (χ4v) is 0.871. The summed E-state index contributed by atoms with van der Waals surface area (Å²) < 4.78 is 24.8. The van der Waals surface area contributed by atoms with Crippen LogP contribution in [0.1, 0.15) is 5.69 Å². The lowest BCUT2D eigenvalue weighted by molar-refractivity contribution is 0.0900. The van der Waals surface area contributed by atoms with Gasteiger partial charge in [-0.1, -0.05) is 0 Å². The molecule has 1 aromatic heterocycles. The summed E-state index contributed by atoms with van der Waals surface area (Å²) >= 11 is 4.68. The van der Waals surface area contributed by atoms with E-state index in [1.54, 1.807) is 0 Å². The van der Waals surface area contributed by atoms with E-state index in [0.29, 0.717) is 0 Å². The maximum atomic E-state index is 12.4. The van der Waals surface area contributed by atoms with Gasteiger partial charge < -0.3 is 5.11 Å². The first kappa shape index (κ1) is 10.6. The molecule has 0 spiro atoms. The van der Waals surface area contributed by atoms with Crippen molar-refractivity contribution in [2.75, 3.05) is 5.32 Å². The summed E-state index contributed by atoms with van der Waals surface area (Å²) in [4.78, 5) is 13.4. The number of hydrogen-bond donors (Lipinski definition) is 2. The molecule has 0 radical (unpaired) electrons. The number of hydrogen-bond acceptors (Lipinski definition) is 2. The Kier molecular flexibility index (Phi) is 2.85. The van der Waals surface area contributed by atoms with E-state index in [0.717, 1.165) is 18.3 Å². The lowest BCUT2D eigenvalue weighted by Crippen LogP contribution is -2.10. The van der Waals surface area contributed by atoms with Crippen LogP contribution in [0.25, 0.3) is 0 Å². The summed E-state index contributed by atoms with van der Waals surface area (Å²) in [7, 11) is 0. The Labute approximate surface area is 82.5 Å². The van der Waals surface area contributed by atoms with Crippen LogP contribution in [0.4, 0.5) is 19.3 Å². The minimum atomic E-state index is -3.54. The second-order valence-electron chi connectivity index (χ2n) is 2.36. The average molecular weight is 223 g/mol. The van der Waals surface area contributed by atoms with Gasteiger partial charge >= 0.3 is 11.5 Å². The van der Waals surface area contributed by atoms with Crippen LogP contribution in [-0.2, 0) is 5.38 Å². The lowest BCUT2D eigenvalue weighted by Gasteiger charge is -2.07. The number of pyridine rings is 1. The number of carbonyl (C=O) groups is 1. The third-order valence-corrected chi connectivity index (χ3v) is 1.50. The Morgan fingerprint density at radius 1 is 1.57 bits per heavy atom. The highest BCUT2D eigenvalue weighted by Gasteiger charge is 2.29. The van der Waals surface area contributed by atoms with Gasteiger partial charge in [-0.25, -0.2) is 4.79 Å². The molecule has 76 valence electrons. The first-order chi connectivity index (χ1) is 6.39. The molecule has 7 heteroatoms. The van der Waals surface area contributed by atoms with Gasteiger partial charge in [-0.05, 0) is 23.7 Å². The van der Waals surface area contributed by atoms with Gasteiger partial charge in [0, 0.05) is 0 Å². The number of amides is 1. The van der Waals surface area contributed by atoms with Crippen molar-refractivity contribution >= 4 is 23.4 Å². The van der Waals surface area contributed by atoms with Crippen molar-refractivity contribution in [1.82, 2.24) is 4.98 Å². The van der Waals surface area contributed by atoms with Crippen molar-refractivity contribution in [3.63, 3.8) is 0 Å². The Morgan fingerprint density at radius 2 is 2.21 bits per heavy atom. The molecule has 0 aliphatic heterocycles. The second kappa shape index (κ2) is 3.75. The van der Waals surface area contributed by atoms with Gasteiger partial charge in [-0.15, -0.1) is 0 Å². The number of alkyl halides is 3. The quantitative estimate of drug-likeness (QED) is 0.756. The SMILES string of the molecule is O=C(O)Nc1ccc(C(F)(F)Cl)nc1. The van der Waals surface area contributed by atoms with E-state index in [9.17, 15) is 13.6 Å². The van der Waals surface area contributed by atoms with E-state index in [2.05, 4.69) is 16.6 Å². The van der Waals surface area contributed by atoms with E-state index in [1.165, 1.54) is 0 Å². The maximum Gasteiger partial charge on any atom is 0.409 e. The second-order valence-corrected chi connectivity index (χ2v) is 2.83. The van der Waals surface area contributed by atoms with Gasteiger partial charge in [0.2, 0.25) is 0 Å². The normalized spacial score (nSPS) is 11.1. The topological polar surface area (TPSA) is 62.2 Å². The minimum Gasteiger partial charge on any atom is -0.465 e. The summed E-state index contributed by atoms with van der Waals surface area (Å²) in [6.45, 7) is 0. The molecule has 0 saturated heterocycles. The molecule has 0 atom stereocenters. The van der Waals surface area contributed by atoms with Crippen molar-refractivity contribution in [2.24, 2.45) is 0 Å². The van der Waals surface area contributed by atoms with Crippen LogP contribution in [0.5, 0.6) is 0 Å². The average Bonchev–Trinajstić information content (AvgIpc) is 2.02. The summed E-state index contributed by atoms with van der Waals surface area (Å²) in [6.07, 6.45) is -0.336. The van der Waals surface area contributed by atoms with Gasteiger partial charge in [0.25, 0.3) is 0 Å². The van der Waals surface area contributed by atoms with Crippen LogP contribution in [0.3, 0.4) is 0 Å². The molecule has 2 N–H and O–H groups in total. The third kappa shape index (κ3) is 2.81. The molecule has 1 heterocycles. The molecule has 4 nitrogen and oxygen atoms in total. The van der Waals surface area contributed by atoms with Crippen molar-refractivity contribution in [3.8, 4) is 0 Å². The zero-order valence-electron chi connectivity index (χ0n) is 6.67. The fourth-order valence-electron chi connectivity index (χ4n) is 0.759. The van der Waals surface area contributed by atoms with E-state index in [1.807, 2.05) is 5.32 Å².